The van der Waals surface area contributed by atoms with Gasteiger partial charge in [0.15, 0.2) is 5.76 Å². The van der Waals surface area contributed by atoms with E-state index in [0.29, 0.717) is 11.3 Å². The molecule has 0 aromatic carbocycles. The van der Waals surface area contributed by atoms with Gasteiger partial charge in [0.25, 0.3) is 11.8 Å². The summed E-state index contributed by atoms with van der Waals surface area (Å²) in [5.74, 6) is -2.23. The number of rotatable bonds is 8. The molecule has 0 bridgehead atoms. The van der Waals surface area contributed by atoms with Crippen molar-refractivity contribution in [2.75, 3.05) is 11.9 Å². The topological polar surface area (TPSA) is 173 Å². The van der Waals surface area contributed by atoms with Gasteiger partial charge in [0.1, 0.15) is 21.8 Å². The maximum Gasteiger partial charge on any atom is 0.404 e. The maximum atomic E-state index is 12.7. The number of hydrogen-bond acceptors (Lipinski definition) is 9. The minimum atomic E-state index is -0.738. The highest BCUT2D eigenvalue weighted by atomic mass is 79.9. The lowest BCUT2D eigenvalue weighted by Gasteiger charge is -2.06. The van der Waals surface area contributed by atoms with Gasteiger partial charge in [0.05, 0.1) is 28.3 Å². The first-order valence-corrected chi connectivity index (χ1v) is 10.6. The number of esters is 1. The lowest BCUT2D eigenvalue weighted by molar-refractivity contribution is -0.390. The number of amides is 2. The SMILES string of the molecule is CCOC(=O)c1c(NC(=O)c2ccc(Cn3cc(Br)c([N+](=O)[O-])n3)o2)sc(C(N)=O)c1C. The number of hydrogen-bond donors (Lipinski definition) is 2. The zero-order valence-electron chi connectivity index (χ0n) is 16.7. The van der Waals surface area contributed by atoms with Crippen LogP contribution in [0.4, 0.5) is 10.8 Å². The van der Waals surface area contributed by atoms with Gasteiger partial charge < -0.3 is 30.3 Å². The van der Waals surface area contributed by atoms with Gasteiger partial charge in [-0.2, -0.15) is 4.68 Å². The molecule has 3 aromatic rings. The fourth-order valence-corrected chi connectivity index (χ4v) is 4.29. The highest BCUT2D eigenvalue weighted by molar-refractivity contribution is 9.10. The molecule has 3 heterocycles. The summed E-state index contributed by atoms with van der Waals surface area (Å²) in [6, 6.07) is 2.91. The molecule has 168 valence electrons. The number of ether oxygens (including phenoxy) is 1. The largest absolute Gasteiger partial charge is 0.462 e. The van der Waals surface area contributed by atoms with E-state index in [1.807, 2.05) is 0 Å². The van der Waals surface area contributed by atoms with E-state index in [0.717, 1.165) is 11.3 Å². The molecule has 3 N–H and O–H groups in total. The van der Waals surface area contributed by atoms with Crippen LogP contribution in [0, 0.1) is 17.0 Å². The number of carbonyl (C=O) groups excluding carboxylic acids is 3. The monoisotopic (exact) mass is 525 g/mol. The number of thiophene rings is 1. The first kappa shape index (κ1) is 23.1. The Bertz CT molecular complexity index is 1230. The number of aromatic nitrogens is 2. The second kappa shape index (κ2) is 9.32. The molecule has 0 aliphatic heterocycles. The number of halogens is 1. The van der Waals surface area contributed by atoms with Crippen LogP contribution < -0.4 is 11.1 Å². The zero-order valence-corrected chi connectivity index (χ0v) is 19.1. The van der Waals surface area contributed by atoms with Crippen LogP contribution in [0.15, 0.2) is 27.2 Å². The molecule has 0 aliphatic carbocycles. The van der Waals surface area contributed by atoms with E-state index in [-0.39, 0.29) is 44.6 Å². The highest BCUT2D eigenvalue weighted by Crippen LogP contribution is 2.34. The molecular formula is C18H16BrN5O7S. The quantitative estimate of drug-likeness (QED) is 0.256. The molecular weight excluding hydrogens is 510 g/mol. The molecule has 0 saturated heterocycles. The second-order valence-corrected chi connectivity index (χ2v) is 8.20. The van der Waals surface area contributed by atoms with Crippen LogP contribution in [0.2, 0.25) is 0 Å². The fraction of sp³-hybridized carbons (Fsp3) is 0.222. The Morgan fingerprint density at radius 2 is 2.12 bits per heavy atom. The first-order chi connectivity index (χ1) is 15.1. The van der Waals surface area contributed by atoms with Gasteiger partial charge in [0.2, 0.25) is 0 Å². The predicted molar refractivity (Wildman–Crippen MR) is 116 cm³/mol. The third kappa shape index (κ3) is 4.70. The lowest BCUT2D eigenvalue weighted by atomic mass is 10.1. The normalized spacial score (nSPS) is 10.7. The highest BCUT2D eigenvalue weighted by Gasteiger charge is 2.27. The Hall–Kier alpha value is -3.52. The van der Waals surface area contributed by atoms with Crippen LogP contribution >= 0.6 is 27.3 Å². The summed E-state index contributed by atoms with van der Waals surface area (Å²) in [4.78, 5) is 47.0. The van der Waals surface area contributed by atoms with Crippen molar-refractivity contribution in [2.24, 2.45) is 5.73 Å². The number of nitro groups is 1. The van der Waals surface area contributed by atoms with Crippen molar-refractivity contribution in [1.29, 1.82) is 0 Å². The van der Waals surface area contributed by atoms with Crippen molar-refractivity contribution < 1.29 is 28.5 Å². The van der Waals surface area contributed by atoms with E-state index in [1.54, 1.807) is 6.92 Å². The molecule has 3 aromatic heterocycles. The number of primary amides is 1. The first-order valence-electron chi connectivity index (χ1n) is 9.00. The molecule has 0 aliphatic rings. The standard InChI is InChI=1S/C18H16BrN5O7S/c1-3-30-18(27)12-8(2)13(14(20)25)32-17(12)21-16(26)11-5-4-9(31-11)6-23-7-10(19)15(22-23)24(28)29/h4-5,7H,3,6H2,1-2H3,(H2,20,25)(H,21,26). The van der Waals surface area contributed by atoms with Gasteiger partial charge in [-0.25, -0.2) is 4.79 Å². The van der Waals surface area contributed by atoms with E-state index in [4.69, 9.17) is 14.9 Å². The minimum Gasteiger partial charge on any atom is -0.462 e. The Kier molecular flexibility index (Phi) is 6.74. The third-order valence-electron chi connectivity index (χ3n) is 4.15. The summed E-state index contributed by atoms with van der Waals surface area (Å²) in [6.45, 7) is 3.31. The Labute approximate surface area is 192 Å². The molecule has 2 amide bonds. The van der Waals surface area contributed by atoms with Crippen LogP contribution in [0.1, 0.15) is 48.8 Å². The zero-order chi connectivity index (χ0) is 23.6. The van der Waals surface area contributed by atoms with Crippen LogP contribution in [0.25, 0.3) is 0 Å². The van der Waals surface area contributed by atoms with Crippen molar-refractivity contribution in [3.05, 3.63) is 60.4 Å². The van der Waals surface area contributed by atoms with Crippen molar-refractivity contribution >= 4 is 55.9 Å². The molecule has 12 nitrogen and oxygen atoms in total. The summed E-state index contributed by atoms with van der Waals surface area (Å²) in [6.07, 6.45) is 1.41. The molecule has 0 radical (unpaired) electrons. The van der Waals surface area contributed by atoms with Gasteiger partial charge in [-0.05, 0) is 52.4 Å². The van der Waals surface area contributed by atoms with Gasteiger partial charge in [-0.3, -0.25) is 9.59 Å². The molecule has 3 rings (SSSR count). The molecule has 0 saturated carbocycles. The van der Waals surface area contributed by atoms with Crippen LogP contribution in [0.3, 0.4) is 0 Å². The third-order valence-corrected chi connectivity index (χ3v) is 5.93. The predicted octanol–water partition coefficient (Wildman–Crippen LogP) is 3.09. The molecule has 14 heteroatoms. The van der Waals surface area contributed by atoms with Crippen molar-refractivity contribution in [3.8, 4) is 0 Å². The lowest BCUT2D eigenvalue weighted by Crippen LogP contribution is -2.14. The summed E-state index contributed by atoms with van der Waals surface area (Å²) < 4.78 is 12.0. The number of anilines is 1. The number of furan rings is 1. The van der Waals surface area contributed by atoms with Gasteiger partial charge in [-0.1, -0.05) is 0 Å². The van der Waals surface area contributed by atoms with E-state index in [1.165, 1.54) is 29.9 Å². The molecule has 32 heavy (non-hydrogen) atoms. The number of nitrogens with two attached hydrogens (primary N) is 1. The van der Waals surface area contributed by atoms with Crippen LogP contribution in [-0.2, 0) is 11.3 Å². The van der Waals surface area contributed by atoms with Crippen LogP contribution in [0.5, 0.6) is 0 Å². The Morgan fingerprint density at radius 3 is 2.72 bits per heavy atom. The van der Waals surface area contributed by atoms with E-state index in [2.05, 4.69) is 26.3 Å². The van der Waals surface area contributed by atoms with Crippen molar-refractivity contribution in [2.45, 2.75) is 20.4 Å². The second-order valence-electron chi connectivity index (χ2n) is 6.32. The van der Waals surface area contributed by atoms with Gasteiger partial charge >= 0.3 is 11.8 Å². The summed E-state index contributed by atoms with van der Waals surface area (Å²) >= 11 is 3.91. The number of nitrogens with zero attached hydrogens (tertiary/aromatic N) is 3. The summed E-state index contributed by atoms with van der Waals surface area (Å²) in [7, 11) is 0. The Morgan fingerprint density at radius 1 is 1.41 bits per heavy atom. The van der Waals surface area contributed by atoms with Gasteiger partial charge in [0, 0.05) is 0 Å². The summed E-state index contributed by atoms with van der Waals surface area (Å²) in [5, 5.41) is 17.4. The minimum absolute atomic E-state index is 0.0394. The van der Waals surface area contributed by atoms with Gasteiger partial charge in [-0.15, -0.1) is 11.3 Å². The average Bonchev–Trinajstić information content (AvgIpc) is 3.40. The van der Waals surface area contributed by atoms with E-state index >= 15 is 0 Å². The maximum absolute atomic E-state index is 12.7. The van der Waals surface area contributed by atoms with E-state index < -0.39 is 22.7 Å². The molecule has 0 spiro atoms. The smallest absolute Gasteiger partial charge is 0.404 e. The fourth-order valence-electron chi connectivity index (χ4n) is 2.79. The van der Waals surface area contributed by atoms with Crippen molar-refractivity contribution in [1.82, 2.24) is 9.78 Å². The van der Waals surface area contributed by atoms with Crippen molar-refractivity contribution in [3.63, 3.8) is 0 Å². The Balaban J connectivity index is 1.81. The molecule has 0 unspecified atom stereocenters. The van der Waals surface area contributed by atoms with Crippen LogP contribution in [-0.4, -0.2) is 39.1 Å². The number of nitrogens with one attached hydrogen (secondary N) is 1. The molecule has 0 atom stereocenters. The summed E-state index contributed by atoms with van der Waals surface area (Å²) in [5.41, 5.74) is 5.70. The van der Waals surface area contributed by atoms with E-state index in [9.17, 15) is 24.5 Å². The molecule has 0 fully saturated rings. The average molecular weight is 526 g/mol. The number of carbonyl (C=O) groups is 3.